The maximum atomic E-state index is 11.7. The second kappa shape index (κ2) is 5.67. The molecule has 1 fully saturated rings. The average Bonchev–Trinajstić information content (AvgIpc) is 3.22. The maximum absolute atomic E-state index is 11.7. The second-order valence-corrected chi connectivity index (χ2v) is 4.48. The second-order valence-electron chi connectivity index (χ2n) is 4.48. The summed E-state index contributed by atoms with van der Waals surface area (Å²) in [5.74, 6) is 0.440. The minimum Gasteiger partial charge on any atom is -0.465 e. The van der Waals surface area contributed by atoms with Crippen LogP contribution >= 0.6 is 0 Å². The number of ether oxygens (including phenoxy) is 1. The van der Waals surface area contributed by atoms with Gasteiger partial charge in [0.05, 0.1) is 12.7 Å². The molecule has 1 aliphatic carbocycles. The van der Waals surface area contributed by atoms with Crippen molar-refractivity contribution >= 4 is 17.6 Å². The summed E-state index contributed by atoms with van der Waals surface area (Å²) in [6, 6.07) is 7.91. The number of carbonyl (C=O) groups is 1. The average molecular weight is 242 g/mol. The van der Waals surface area contributed by atoms with E-state index in [0.29, 0.717) is 5.57 Å². The molecule has 2 heteroatoms. The van der Waals surface area contributed by atoms with Crippen LogP contribution in [0.1, 0.15) is 30.9 Å². The first-order valence-corrected chi connectivity index (χ1v) is 6.28. The van der Waals surface area contributed by atoms with Crippen molar-refractivity contribution in [1.82, 2.24) is 0 Å². The van der Waals surface area contributed by atoms with Gasteiger partial charge in [-0.1, -0.05) is 42.5 Å². The molecule has 0 spiro atoms. The number of hydrogen-bond acceptors (Lipinski definition) is 2. The number of rotatable bonds is 4. The highest BCUT2D eigenvalue weighted by Crippen LogP contribution is 2.31. The van der Waals surface area contributed by atoms with Crippen LogP contribution in [0.15, 0.2) is 36.4 Å². The molecule has 94 valence electrons. The highest BCUT2D eigenvalue weighted by molar-refractivity contribution is 6.17. The Bertz CT molecular complexity index is 494. The first-order valence-electron chi connectivity index (χ1n) is 6.28. The Morgan fingerprint density at radius 1 is 1.33 bits per heavy atom. The SMILES string of the molecule is C/C=C(/C(=O)OC)c1ccccc1/C=C/C1CC1. The standard InChI is InChI=1S/C16H18O2/c1-3-14(16(17)18-2)15-7-5-4-6-13(15)11-10-12-8-9-12/h3-7,10-12H,8-9H2,1-2H3/b11-10+,14-3+. The van der Waals surface area contributed by atoms with Gasteiger partial charge in [0, 0.05) is 0 Å². The summed E-state index contributed by atoms with van der Waals surface area (Å²) >= 11 is 0. The molecule has 0 aliphatic heterocycles. The lowest BCUT2D eigenvalue weighted by molar-refractivity contribution is -0.133. The fourth-order valence-corrected chi connectivity index (χ4v) is 1.91. The summed E-state index contributed by atoms with van der Waals surface area (Å²) in [4.78, 5) is 11.7. The van der Waals surface area contributed by atoms with Crippen molar-refractivity contribution in [3.05, 3.63) is 47.5 Å². The van der Waals surface area contributed by atoms with Gasteiger partial charge in [-0.25, -0.2) is 4.79 Å². The van der Waals surface area contributed by atoms with E-state index in [1.807, 2.05) is 31.2 Å². The Balaban J connectivity index is 2.33. The first-order chi connectivity index (χ1) is 8.76. The van der Waals surface area contributed by atoms with E-state index in [1.165, 1.54) is 20.0 Å². The van der Waals surface area contributed by atoms with E-state index in [2.05, 4.69) is 12.2 Å². The van der Waals surface area contributed by atoms with Gasteiger partial charge >= 0.3 is 5.97 Å². The van der Waals surface area contributed by atoms with Crippen molar-refractivity contribution in [1.29, 1.82) is 0 Å². The zero-order valence-electron chi connectivity index (χ0n) is 10.8. The van der Waals surface area contributed by atoms with E-state index in [1.54, 1.807) is 6.08 Å². The maximum Gasteiger partial charge on any atom is 0.338 e. The summed E-state index contributed by atoms with van der Waals surface area (Å²) in [6.45, 7) is 1.85. The van der Waals surface area contributed by atoms with Gasteiger partial charge in [-0.3, -0.25) is 0 Å². The van der Waals surface area contributed by atoms with Gasteiger partial charge < -0.3 is 4.74 Å². The van der Waals surface area contributed by atoms with Gasteiger partial charge in [0.25, 0.3) is 0 Å². The van der Waals surface area contributed by atoms with Gasteiger partial charge in [0.2, 0.25) is 0 Å². The monoisotopic (exact) mass is 242 g/mol. The van der Waals surface area contributed by atoms with E-state index < -0.39 is 0 Å². The summed E-state index contributed by atoms with van der Waals surface area (Å²) in [7, 11) is 1.41. The molecule has 2 rings (SSSR count). The van der Waals surface area contributed by atoms with Crippen LogP contribution in [0, 0.1) is 5.92 Å². The van der Waals surface area contributed by atoms with Crippen LogP contribution in [0.4, 0.5) is 0 Å². The first kappa shape index (κ1) is 12.6. The molecule has 1 aromatic carbocycles. The highest BCUT2D eigenvalue weighted by atomic mass is 16.5. The highest BCUT2D eigenvalue weighted by Gasteiger charge is 2.18. The molecule has 1 aromatic rings. The smallest absolute Gasteiger partial charge is 0.338 e. The molecule has 1 aliphatic rings. The molecule has 2 nitrogen and oxygen atoms in total. The molecule has 0 amide bonds. The summed E-state index contributed by atoms with van der Waals surface area (Å²) < 4.78 is 4.82. The third kappa shape index (κ3) is 2.89. The van der Waals surface area contributed by atoms with Crippen molar-refractivity contribution in [2.75, 3.05) is 7.11 Å². The molecule has 0 unspecified atom stereocenters. The fourth-order valence-electron chi connectivity index (χ4n) is 1.91. The molecule has 0 aromatic heterocycles. The predicted molar refractivity (Wildman–Crippen MR) is 73.9 cm³/mol. The van der Waals surface area contributed by atoms with Crippen LogP contribution in [0.25, 0.3) is 11.6 Å². The van der Waals surface area contributed by atoms with E-state index in [0.717, 1.165) is 17.0 Å². The van der Waals surface area contributed by atoms with Crippen molar-refractivity contribution in [3.63, 3.8) is 0 Å². The van der Waals surface area contributed by atoms with Gasteiger partial charge in [-0.05, 0) is 36.8 Å². The third-order valence-electron chi connectivity index (χ3n) is 3.11. The van der Waals surface area contributed by atoms with Crippen molar-refractivity contribution < 1.29 is 9.53 Å². The number of carbonyl (C=O) groups excluding carboxylic acids is 1. The molecule has 0 N–H and O–H groups in total. The molecule has 0 heterocycles. The molecule has 0 radical (unpaired) electrons. The topological polar surface area (TPSA) is 26.3 Å². The Morgan fingerprint density at radius 3 is 2.67 bits per heavy atom. The number of esters is 1. The minimum atomic E-state index is -0.287. The summed E-state index contributed by atoms with van der Waals surface area (Å²) in [5, 5.41) is 0. The lowest BCUT2D eigenvalue weighted by Gasteiger charge is -2.08. The molecule has 1 saturated carbocycles. The van der Waals surface area contributed by atoms with Crippen molar-refractivity contribution in [2.24, 2.45) is 5.92 Å². The van der Waals surface area contributed by atoms with Crippen LogP contribution in [-0.4, -0.2) is 13.1 Å². The molecule has 0 saturated heterocycles. The normalized spacial score (nSPS) is 16.0. The number of benzene rings is 1. The number of hydrogen-bond donors (Lipinski definition) is 0. The zero-order chi connectivity index (χ0) is 13.0. The van der Waals surface area contributed by atoms with Crippen LogP contribution < -0.4 is 0 Å². The van der Waals surface area contributed by atoms with E-state index in [4.69, 9.17) is 4.74 Å². The van der Waals surface area contributed by atoms with Gasteiger partial charge in [0.1, 0.15) is 0 Å². The number of allylic oxidation sites excluding steroid dienone is 2. The lowest BCUT2D eigenvalue weighted by atomic mass is 9.99. The van der Waals surface area contributed by atoms with E-state index in [-0.39, 0.29) is 5.97 Å². The quantitative estimate of drug-likeness (QED) is 0.594. The fraction of sp³-hybridized carbons (Fsp3) is 0.312. The summed E-state index contributed by atoms with van der Waals surface area (Å²) in [5.41, 5.74) is 2.63. The zero-order valence-corrected chi connectivity index (χ0v) is 10.8. The van der Waals surface area contributed by atoms with Crippen LogP contribution in [0.5, 0.6) is 0 Å². The molecule has 0 bridgehead atoms. The van der Waals surface area contributed by atoms with E-state index >= 15 is 0 Å². The Hall–Kier alpha value is -1.83. The summed E-state index contributed by atoms with van der Waals surface area (Å²) in [6.07, 6.45) is 8.71. The predicted octanol–water partition coefficient (Wildman–Crippen LogP) is 3.69. The molecule has 18 heavy (non-hydrogen) atoms. The van der Waals surface area contributed by atoms with Crippen molar-refractivity contribution in [3.8, 4) is 0 Å². The van der Waals surface area contributed by atoms with Crippen LogP contribution in [-0.2, 0) is 9.53 Å². The molecule has 0 atom stereocenters. The molecular weight excluding hydrogens is 224 g/mol. The third-order valence-corrected chi connectivity index (χ3v) is 3.11. The van der Waals surface area contributed by atoms with Gasteiger partial charge in [0.15, 0.2) is 0 Å². The van der Waals surface area contributed by atoms with Gasteiger partial charge in [-0.2, -0.15) is 0 Å². The largest absolute Gasteiger partial charge is 0.465 e. The molecular formula is C16H18O2. The Morgan fingerprint density at radius 2 is 2.06 bits per heavy atom. The minimum absolute atomic E-state index is 0.287. The van der Waals surface area contributed by atoms with Gasteiger partial charge in [-0.15, -0.1) is 0 Å². The van der Waals surface area contributed by atoms with Crippen molar-refractivity contribution in [2.45, 2.75) is 19.8 Å². The Labute approximate surface area is 108 Å². The van der Waals surface area contributed by atoms with Crippen LogP contribution in [0.3, 0.4) is 0 Å². The lowest BCUT2D eigenvalue weighted by Crippen LogP contribution is -2.04. The number of methoxy groups -OCH3 is 1. The van der Waals surface area contributed by atoms with Crippen LogP contribution in [0.2, 0.25) is 0 Å². The Kier molecular flexibility index (Phi) is 3.98. The van der Waals surface area contributed by atoms with E-state index in [9.17, 15) is 4.79 Å².